The van der Waals surface area contributed by atoms with Crippen molar-refractivity contribution in [3.8, 4) is 11.8 Å². The van der Waals surface area contributed by atoms with Crippen LogP contribution >= 0.6 is 0 Å². The first-order chi connectivity index (χ1) is 7.21. The molecule has 1 heterocycles. The number of rotatable bonds is 0. The Hall–Kier alpha value is -1.79. The number of hydrogen-bond donors (Lipinski definition) is 1. The normalized spacial score (nSPS) is 24.2. The largest absolute Gasteiger partial charge is 0.463 e. The van der Waals surface area contributed by atoms with Crippen LogP contribution in [0.3, 0.4) is 0 Å². The highest BCUT2D eigenvalue weighted by molar-refractivity contribution is 5.85. The minimum absolute atomic E-state index is 0.235. The first kappa shape index (κ1) is 9.75. The second-order valence-electron chi connectivity index (χ2n) is 3.36. The van der Waals surface area contributed by atoms with E-state index in [0.717, 1.165) is 5.56 Å². The van der Waals surface area contributed by atoms with Gasteiger partial charge in [0, 0.05) is 12.0 Å². The standard InChI is InChI=1S/C12H10O3/c13-11-12(14,8-9-15-11)7-6-10-4-2-1-3-5-10/h1-5,14H,8-9H2. The molecule has 0 radical (unpaired) electrons. The summed E-state index contributed by atoms with van der Waals surface area (Å²) in [4.78, 5) is 11.1. The summed E-state index contributed by atoms with van der Waals surface area (Å²) in [6.07, 6.45) is 0.242. The van der Waals surface area contributed by atoms with Gasteiger partial charge in [-0.2, -0.15) is 0 Å². The summed E-state index contributed by atoms with van der Waals surface area (Å²) in [6.45, 7) is 0.235. The maximum atomic E-state index is 11.1. The molecule has 0 bridgehead atoms. The molecular formula is C12H10O3. The van der Waals surface area contributed by atoms with Crippen molar-refractivity contribution in [2.75, 3.05) is 6.61 Å². The van der Waals surface area contributed by atoms with Gasteiger partial charge in [0.15, 0.2) is 0 Å². The molecule has 2 rings (SSSR count). The molecule has 1 aromatic carbocycles. The molecule has 0 aliphatic carbocycles. The zero-order valence-corrected chi connectivity index (χ0v) is 8.06. The molecule has 0 saturated carbocycles. The number of hydrogen-bond acceptors (Lipinski definition) is 3. The van der Waals surface area contributed by atoms with Crippen molar-refractivity contribution in [3.63, 3.8) is 0 Å². The number of aliphatic hydroxyl groups is 1. The molecule has 0 spiro atoms. The average molecular weight is 202 g/mol. The molecule has 1 unspecified atom stereocenters. The van der Waals surface area contributed by atoms with Crippen LogP contribution in [-0.2, 0) is 9.53 Å². The molecule has 1 fully saturated rings. The molecule has 1 N–H and O–H groups in total. The van der Waals surface area contributed by atoms with E-state index >= 15 is 0 Å². The van der Waals surface area contributed by atoms with E-state index in [1.165, 1.54) is 0 Å². The summed E-state index contributed by atoms with van der Waals surface area (Å²) in [5, 5.41) is 9.77. The number of carbonyl (C=O) groups excluding carboxylic acids is 1. The van der Waals surface area contributed by atoms with Gasteiger partial charge >= 0.3 is 5.97 Å². The van der Waals surface area contributed by atoms with E-state index in [-0.39, 0.29) is 13.0 Å². The van der Waals surface area contributed by atoms with Crippen LogP contribution in [-0.4, -0.2) is 23.3 Å². The first-order valence-corrected chi connectivity index (χ1v) is 4.68. The van der Waals surface area contributed by atoms with E-state index < -0.39 is 11.6 Å². The van der Waals surface area contributed by atoms with Crippen molar-refractivity contribution in [1.82, 2.24) is 0 Å². The van der Waals surface area contributed by atoms with Crippen LogP contribution in [0.2, 0.25) is 0 Å². The Morgan fingerprint density at radius 2 is 2.07 bits per heavy atom. The van der Waals surface area contributed by atoms with Gasteiger partial charge in [0.2, 0.25) is 5.60 Å². The first-order valence-electron chi connectivity index (χ1n) is 4.68. The van der Waals surface area contributed by atoms with Crippen LogP contribution in [0.15, 0.2) is 30.3 Å². The minimum atomic E-state index is -1.62. The van der Waals surface area contributed by atoms with Gasteiger partial charge in [-0.3, -0.25) is 0 Å². The number of esters is 1. The summed E-state index contributed by atoms with van der Waals surface area (Å²) in [6, 6.07) is 9.21. The van der Waals surface area contributed by atoms with Gasteiger partial charge in [-0.15, -0.1) is 0 Å². The monoisotopic (exact) mass is 202 g/mol. The summed E-state index contributed by atoms with van der Waals surface area (Å²) >= 11 is 0. The van der Waals surface area contributed by atoms with E-state index in [2.05, 4.69) is 16.6 Å². The van der Waals surface area contributed by atoms with Crippen molar-refractivity contribution in [2.45, 2.75) is 12.0 Å². The van der Waals surface area contributed by atoms with E-state index in [1.54, 1.807) is 0 Å². The van der Waals surface area contributed by atoms with Crippen molar-refractivity contribution in [3.05, 3.63) is 35.9 Å². The molecule has 1 aliphatic heterocycles. The third kappa shape index (κ3) is 2.00. The third-order valence-corrected chi connectivity index (χ3v) is 2.22. The van der Waals surface area contributed by atoms with Gasteiger partial charge in [0.1, 0.15) is 0 Å². The highest BCUT2D eigenvalue weighted by Gasteiger charge is 2.41. The lowest BCUT2D eigenvalue weighted by Gasteiger charge is -2.07. The molecule has 1 aliphatic rings. The molecule has 0 amide bonds. The molecule has 1 atom stereocenters. The number of cyclic esters (lactones) is 1. The van der Waals surface area contributed by atoms with Crippen LogP contribution < -0.4 is 0 Å². The predicted molar refractivity (Wildman–Crippen MR) is 53.8 cm³/mol. The van der Waals surface area contributed by atoms with Crippen LogP contribution in [0.5, 0.6) is 0 Å². The van der Waals surface area contributed by atoms with Crippen molar-refractivity contribution < 1.29 is 14.6 Å². The lowest BCUT2D eigenvalue weighted by atomic mass is 10.0. The van der Waals surface area contributed by atoms with Gasteiger partial charge in [0.05, 0.1) is 6.61 Å². The summed E-state index contributed by atoms with van der Waals surface area (Å²) in [5.41, 5.74) is -0.846. The maximum absolute atomic E-state index is 11.1. The third-order valence-electron chi connectivity index (χ3n) is 2.22. The predicted octanol–water partition coefficient (Wildman–Crippen LogP) is 0.716. The Balaban J connectivity index is 2.22. The fourth-order valence-corrected chi connectivity index (χ4v) is 1.32. The second kappa shape index (κ2) is 3.76. The quantitative estimate of drug-likeness (QED) is 0.498. The Morgan fingerprint density at radius 1 is 1.33 bits per heavy atom. The Morgan fingerprint density at radius 3 is 2.67 bits per heavy atom. The van der Waals surface area contributed by atoms with Gasteiger partial charge in [-0.25, -0.2) is 4.79 Å². The molecule has 3 heteroatoms. The lowest BCUT2D eigenvalue weighted by molar-refractivity contribution is -0.148. The van der Waals surface area contributed by atoms with Crippen LogP contribution in [0.4, 0.5) is 0 Å². The molecule has 1 saturated heterocycles. The Kier molecular flexibility index (Phi) is 2.44. The summed E-state index contributed by atoms with van der Waals surface area (Å²) in [7, 11) is 0. The maximum Gasteiger partial charge on any atom is 0.351 e. The molecule has 15 heavy (non-hydrogen) atoms. The van der Waals surface area contributed by atoms with E-state index in [1.807, 2.05) is 30.3 Å². The van der Waals surface area contributed by atoms with Crippen LogP contribution in [0.1, 0.15) is 12.0 Å². The number of carbonyl (C=O) groups is 1. The van der Waals surface area contributed by atoms with E-state index in [9.17, 15) is 9.90 Å². The Bertz CT molecular complexity index is 427. The number of ether oxygens (including phenoxy) is 1. The van der Waals surface area contributed by atoms with Gasteiger partial charge in [-0.05, 0) is 12.1 Å². The highest BCUT2D eigenvalue weighted by atomic mass is 16.6. The van der Waals surface area contributed by atoms with Gasteiger partial charge in [-0.1, -0.05) is 30.0 Å². The summed E-state index contributed by atoms with van der Waals surface area (Å²) in [5.74, 6) is 4.66. The Labute approximate surface area is 87.7 Å². The zero-order chi connectivity index (χ0) is 10.7. The smallest absolute Gasteiger partial charge is 0.351 e. The molecule has 3 nitrogen and oxygen atoms in total. The van der Waals surface area contributed by atoms with Crippen LogP contribution in [0, 0.1) is 11.8 Å². The van der Waals surface area contributed by atoms with Gasteiger partial charge < -0.3 is 9.84 Å². The molecule has 76 valence electrons. The lowest BCUT2D eigenvalue weighted by Crippen LogP contribution is -2.31. The van der Waals surface area contributed by atoms with E-state index in [0.29, 0.717) is 0 Å². The minimum Gasteiger partial charge on any atom is -0.463 e. The molecule has 1 aromatic rings. The fourth-order valence-electron chi connectivity index (χ4n) is 1.32. The zero-order valence-electron chi connectivity index (χ0n) is 8.06. The van der Waals surface area contributed by atoms with Crippen molar-refractivity contribution >= 4 is 5.97 Å². The van der Waals surface area contributed by atoms with Crippen LogP contribution in [0.25, 0.3) is 0 Å². The van der Waals surface area contributed by atoms with E-state index in [4.69, 9.17) is 0 Å². The summed E-state index contributed by atoms with van der Waals surface area (Å²) < 4.78 is 4.67. The molecule has 0 aromatic heterocycles. The molecular weight excluding hydrogens is 192 g/mol. The number of benzene rings is 1. The topological polar surface area (TPSA) is 46.5 Å². The SMILES string of the molecule is O=C1OCCC1(O)C#Cc1ccccc1. The average Bonchev–Trinajstić information content (AvgIpc) is 2.59. The second-order valence-corrected chi connectivity index (χ2v) is 3.36. The van der Waals surface area contributed by atoms with Crippen molar-refractivity contribution in [1.29, 1.82) is 0 Å². The van der Waals surface area contributed by atoms with Crippen molar-refractivity contribution in [2.24, 2.45) is 0 Å². The fraction of sp³-hybridized carbons (Fsp3) is 0.250. The van der Waals surface area contributed by atoms with Gasteiger partial charge in [0.25, 0.3) is 0 Å². The highest BCUT2D eigenvalue weighted by Crippen LogP contribution is 2.18.